The summed E-state index contributed by atoms with van der Waals surface area (Å²) >= 11 is 0. The van der Waals surface area contributed by atoms with E-state index in [2.05, 4.69) is 16.7 Å². The van der Waals surface area contributed by atoms with Gasteiger partial charge in [0, 0.05) is 19.0 Å². The maximum Gasteiger partial charge on any atom is 0.319 e. The molecule has 0 unspecified atom stereocenters. The van der Waals surface area contributed by atoms with Crippen molar-refractivity contribution in [3.05, 3.63) is 0 Å². The van der Waals surface area contributed by atoms with E-state index >= 15 is 0 Å². The molecule has 16 heavy (non-hydrogen) atoms. The first-order valence-electron chi connectivity index (χ1n) is 5.98. The molecule has 0 aromatic carbocycles. The number of esters is 1. The minimum atomic E-state index is -0.142. The van der Waals surface area contributed by atoms with Crippen LogP contribution in [0, 0.1) is 11.8 Å². The fraction of sp³-hybridized carbons (Fsp3) is 0.769. The van der Waals surface area contributed by atoms with Crippen LogP contribution in [-0.2, 0) is 9.53 Å². The number of rotatable bonds is 5. The molecule has 1 fully saturated rings. The Kier molecular flexibility index (Phi) is 5.95. The van der Waals surface area contributed by atoms with Crippen LogP contribution in [-0.4, -0.2) is 37.1 Å². The van der Waals surface area contributed by atoms with Crippen LogP contribution in [0.5, 0.6) is 0 Å². The highest BCUT2D eigenvalue weighted by molar-refractivity contribution is 5.71. The van der Waals surface area contributed by atoms with E-state index in [0.29, 0.717) is 12.6 Å². The fourth-order valence-electron chi connectivity index (χ4n) is 2.22. The molecule has 3 heteroatoms. The molecule has 0 N–H and O–H groups in total. The van der Waals surface area contributed by atoms with E-state index in [0.717, 1.165) is 13.0 Å². The average Bonchev–Trinajstić information content (AvgIpc) is 2.81. The molecule has 0 amide bonds. The summed E-state index contributed by atoms with van der Waals surface area (Å²) in [6, 6.07) is 0.553. The summed E-state index contributed by atoms with van der Waals surface area (Å²) in [5.41, 5.74) is 0. The zero-order valence-corrected chi connectivity index (χ0v) is 10.3. The smallest absolute Gasteiger partial charge is 0.319 e. The molecule has 0 aromatic heterocycles. The maximum atomic E-state index is 11.3. The molecule has 1 aliphatic carbocycles. The number of hydrogen-bond donors (Lipinski definition) is 0. The lowest BCUT2D eigenvalue weighted by Gasteiger charge is -2.26. The summed E-state index contributed by atoms with van der Waals surface area (Å²) in [4.78, 5) is 13.5. The van der Waals surface area contributed by atoms with Crippen molar-refractivity contribution in [1.29, 1.82) is 0 Å². The van der Waals surface area contributed by atoms with E-state index in [-0.39, 0.29) is 5.97 Å². The van der Waals surface area contributed by atoms with Gasteiger partial charge in [-0.3, -0.25) is 9.69 Å². The Bertz CT molecular complexity index is 271. The summed E-state index contributed by atoms with van der Waals surface area (Å²) in [6.07, 6.45) is 5.81. The van der Waals surface area contributed by atoms with Gasteiger partial charge in [-0.05, 0) is 19.8 Å². The zero-order valence-electron chi connectivity index (χ0n) is 10.3. The highest BCUT2D eigenvalue weighted by Gasteiger charge is 2.23. The summed E-state index contributed by atoms with van der Waals surface area (Å²) in [6.45, 7) is 3.13. The third-order valence-corrected chi connectivity index (χ3v) is 3.10. The minimum Gasteiger partial charge on any atom is -0.468 e. The van der Waals surface area contributed by atoms with Gasteiger partial charge in [-0.2, -0.15) is 0 Å². The van der Waals surface area contributed by atoms with Gasteiger partial charge >= 0.3 is 5.97 Å². The molecule has 0 aromatic rings. The number of carbonyl (C=O) groups is 1. The Morgan fingerprint density at radius 2 is 2.12 bits per heavy atom. The summed E-state index contributed by atoms with van der Waals surface area (Å²) in [5, 5.41) is 0. The van der Waals surface area contributed by atoms with Gasteiger partial charge < -0.3 is 4.74 Å². The minimum absolute atomic E-state index is 0.142. The first-order valence-corrected chi connectivity index (χ1v) is 5.98. The Morgan fingerprint density at radius 3 is 2.69 bits per heavy atom. The quantitative estimate of drug-likeness (QED) is 0.526. The highest BCUT2D eigenvalue weighted by atomic mass is 16.5. The van der Waals surface area contributed by atoms with Crippen LogP contribution in [0.3, 0.4) is 0 Å². The zero-order chi connectivity index (χ0) is 11.8. The third kappa shape index (κ3) is 4.24. The van der Waals surface area contributed by atoms with Crippen molar-refractivity contribution in [2.45, 2.75) is 45.1 Å². The van der Waals surface area contributed by atoms with Crippen LogP contribution < -0.4 is 0 Å². The van der Waals surface area contributed by atoms with E-state index in [4.69, 9.17) is 4.74 Å². The van der Waals surface area contributed by atoms with Crippen LogP contribution in [0.1, 0.15) is 39.0 Å². The van der Waals surface area contributed by atoms with E-state index in [9.17, 15) is 4.79 Å². The molecule has 0 saturated heterocycles. The molecule has 0 aliphatic heterocycles. The average molecular weight is 223 g/mol. The van der Waals surface area contributed by atoms with Gasteiger partial charge in [0.15, 0.2) is 0 Å². The van der Waals surface area contributed by atoms with Crippen molar-refractivity contribution in [3.63, 3.8) is 0 Å². The summed E-state index contributed by atoms with van der Waals surface area (Å²) in [5.74, 6) is 5.80. The second kappa shape index (κ2) is 7.29. The maximum absolute atomic E-state index is 11.3. The summed E-state index contributed by atoms with van der Waals surface area (Å²) in [7, 11) is 1.45. The third-order valence-electron chi connectivity index (χ3n) is 3.10. The van der Waals surface area contributed by atoms with Gasteiger partial charge in [-0.15, -0.1) is 11.8 Å². The predicted molar refractivity (Wildman–Crippen MR) is 63.9 cm³/mol. The van der Waals surface area contributed by atoms with Gasteiger partial charge in [0.05, 0.1) is 13.7 Å². The van der Waals surface area contributed by atoms with Crippen molar-refractivity contribution in [3.8, 4) is 11.8 Å². The number of ether oxygens (including phenoxy) is 1. The topological polar surface area (TPSA) is 29.5 Å². The first kappa shape index (κ1) is 13.1. The Balaban J connectivity index is 2.45. The molecule has 0 spiro atoms. The van der Waals surface area contributed by atoms with E-state index < -0.39 is 0 Å². The molecule has 1 rings (SSSR count). The lowest BCUT2D eigenvalue weighted by Crippen LogP contribution is -2.38. The van der Waals surface area contributed by atoms with Gasteiger partial charge in [-0.1, -0.05) is 12.8 Å². The van der Waals surface area contributed by atoms with Crippen molar-refractivity contribution in [1.82, 2.24) is 4.90 Å². The normalized spacial score (nSPS) is 15.9. The van der Waals surface area contributed by atoms with E-state index in [1.54, 1.807) is 0 Å². The number of carbonyl (C=O) groups excluding carboxylic acids is 1. The van der Waals surface area contributed by atoms with E-state index in [1.807, 2.05) is 6.92 Å². The van der Waals surface area contributed by atoms with Gasteiger partial charge in [0.2, 0.25) is 0 Å². The second-order valence-corrected chi connectivity index (χ2v) is 4.16. The molecule has 0 bridgehead atoms. The number of hydrogen-bond acceptors (Lipinski definition) is 3. The van der Waals surface area contributed by atoms with Crippen molar-refractivity contribution < 1.29 is 9.53 Å². The highest BCUT2D eigenvalue weighted by Crippen LogP contribution is 2.23. The molecule has 1 saturated carbocycles. The molecule has 90 valence electrons. The van der Waals surface area contributed by atoms with Crippen LogP contribution in [0.15, 0.2) is 0 Å². The van der Waals surface area contributed by atoms with E-state index in [1.165, 1.54) is 32.8 Å². The Morgan fingerprint density at radius 1 is 1.44 bits per heavy atom. The van der Waals surface area contributed by atoms with Crippen LogP contribution in [0.4, 0.5) is 0 Å². The monoisotopic (exact) mass is 223 g/mol. The van der Waals surface area contributed by atoms with Crippen molar-refractivity contribution in [2.24, 2.45) is 0 Å². The van der Waals surface area contributed by atoms with Crippen molar-refractivity contribution >= 4 is 5.97 Å². The first-order chi connectivity index (χ1) is 7.77. The lowest BCUT2D eigenvalue weighted by molar-refractivity contribution is -0.142. The molecule has 1 aliphatic rings. The van der Waals surface area contributed by atoms with Crippen LogP contribution >= 0.6 is 0 Å². The molecule has 3 nitrogen and oxygen atoms in total. The summed E-state index contributed by atoms with van der Waals surface area (Å²) < 4.78 is 4.73. The molecule has 0 heterocycles. The molecule has 0 atom stereocenters. The van der Waals surface area contributed by atoms with Crippen LogP contribution in [0.2, 0.25) is 0 Å². The number of nitrogens with zero attached hydrogens (tertiary/aromatic N) is 1. The Hall–Kier alpha value is -1.01. The molecular weight excluding hydrogens is 202 g/mol. The van der Waals surface area contributed by atoms with Crippen molar-refractivity contribution in [2.75, 3.05) is 20.2 Å². The number of methoxy groups -OCH3 is 1. The van der Waals surface area contributed by atoms with Gasteiger partial charge in [0.1, 0.15) is 0 Å². The van der Waals surface area contributed by atoms with Gasteiger partial charge in [-0.25, -0.2) is 0 Å². The fourth-order valence-corrected chi connectivity index (χ4v) is 2.22. The second-order valence-electron chi connectivity index (χ2n) is 4.16. The molecular formula is C13H21NO2. The van der Waals surface area contributed by atoms with Crippen LogP contribution in [0.25, 0.3) is 0 Å². The molecule has 0 radical (unpaired) electrons. The standard InChI is InChI=1S/C13H21NO2/c1-3-4-7-10-14(11-13(15)16-2)12-8-5-6-9-12/h12H,5-11H2,1-2H3. The van der Waals surface area contributed by atoms with Gasteiger partial charge in [0.25, 0.3) is 0 Å². The predicted octanol–water partition coefficient (Wildman–Crippen LogP) is 1.82. The SMILES string of the molecule is CC#CCCN(CC(=O)OC)C1CCCC1. The lowest BCUT2D eigenvalue weighted by atomic mass is 10.2. The Labute approximate surface area is 98.1 Å². The largest absolute Gasteiger partial charge is 0.468 e.